The van der Waals surface area contributed by atoms with Crippen LogP contribution in [0, 0.1) is 0 Å². The van der Waals surface area contributed by atoms with Gasteiger partial charge < -0.3 is 0 Å². The van der Waals surface area contributed by atoms with Crippen molar-refractivity contribution in [2.24, 2.45) is 0 Å². The second-order valence-corrected chi connectivity index (χ2v) is 5.51. The molecule has 0 aliphatic heterocycles. The molecular formula is C13H12BrNOS. The number of carbonyl (C=O) groups excluding carboxylic acids is 1. The van der Waals surface area contributed by atoms with Gasteiger partial charge in [-0.2, -0.15) is 0 Å². The minimum absolute atomic E-state index is 0.0885. The van der Waals surface area contributed by atoms with E-state index < -0.39 is 0 Å². The Bertz CT molecular complexity index is 536. The number of rotatable bonds is 4. The van der Waals surface area contributed by atoms with Crippen LogP contribution in [-0.4, -0.2) is 10.8 Å². The predicted octanol–water partition coefficient (Wildman–Crippen LogP) is 3.89. The van der Waals surface area contributed by atoms with Crippen LogP contribution in [0.15, 0.2) is 34.2 Å². The van der Waals surface area contributed by atoms with E-state index in [-0.39, 0.29) is 5.78 Å². The third kappa shape index (κ3) is 2.82. The number of carbonyl (C=O) groups is 1. The molecular weight excluding hydrogens is 298 g/mol. The first-order chi connectivity index (χ1) is 8.22. The normalized spacial score (nSPS) is 10.5. The van der Waals surface area contributed by atoms with Gasteiger partial charge in [0.05, 0.1) is 0 Å². The highest BCUT2D eigenvalue weighted by atomic mass is 79.9. The number of halogens is 1. The molecule has 0 unspecified atom stereocenters. The van der Waals surface area contributed by atoms with E-state index in [4.69, 9.17) is 0 Å². The SMILES string of the molecule is CCc1cccnc1C(=O)Cc1sccc1Br. The second-order valence-electron chi connectivity index (χ2n) is 3.66. The van der Waals surface area contributed by atoms with Gasteiger partial charge in [0, 0.05) is 22.0 Å². The number of nitrogens with zero attached hydrogens (tertiary/aromatic N) is 1. The van der Waals surface area contributed by atoms with Gasteiger partial charge in [-0.25, -0.2) is 0 Å². The fourth-order valence-corrected chi connectivity index (χ4v) is 3.15. The van der Waals surface area contributed by atoms with Gasteiger partial charge in [0.1, 0.15) is 5.69 Å². The van der Waals surface area contributed by atoms with E-state index in [1.165, 1.54) is 0 Å². The van der Waals surface area contributed by atoms with Crippen molar-refractivity contribution in [1.29, 1.82) is 0 Å². The highest BCUT2D eigenvalue weighted by Crippen LogP contribution is 2.24. The Hall–Kier alpha value is -1.00. The fraction of sp³-hybridized carbons (Fsp3) is 0.231. The van der Waals surface area contributed by atoms with Gasteiger partial charge in [0.15, 0.2) is 5.78 Å². The van der Waals surface area contributed by atoms with Crippen LogP contribution in [0.25, 0.3) is 0 Å². The Kier molecular flexibility index (Phi) is 4.07. The average Bonchev–Trinajstić information content (AvgIpc) is 2.75. The van der Waals surface area contributed by atoms with Gasteiger partial charge in [-0.1, -0.05) is 13.0 Å². The molecule has 4 heteroatoms. The molecule has 2 nitrogen and oxygen atoms in total. The zero-order chi connectivity index (χ0) is 12.3. The van der Waals surface area contributed by atoms with Crippen molar-refractivity contribution in [2.45, 2.75) is 19.8 Å². The maximum atomic E-state index is 12.2. The molecule has 0 saturated carbocycles. The zero-order valence-electron chi connectivity index (χ0n) is 9.44. The van der Waals surface area contributed by atoms with Crippen LogP contribution >= 0.6 is 27.3 Å². The predicted molar refractivity (Wildman–Crippen MR) is 73.7 cm³/mol. The molecule has 0 fully saturated rings. The van der Waals surface area contributed by atoms with Crippen LogP contribution in [0.3, 0.4) is 0 Å². The van der Waals surface area contributed by atoms with Crippen LogP contribution in [-0.2, 0) is 12.8 Å². The topological polar surface area (TPSA) is 30.0 Å². The van der Waals surface area contributed by atoms with Gasteiger partial charge in [-0.05, 0) is 45.4 Å². The summed E-state index contributed by atoms with van der Waals surface area (Å²) in [6.45, 7) is 2.04. The first-order valence-electron chi connectivity index (χ1n) is 5.41. The van der Waals surface area contributed by atoms with E-state index in [1.807, 2.05) is 30.5 Å². The van der Waals surface area contributed by atoms with E-state index in [1.54, 1.807) is 17.5 Å². The van der Waals surface area contributed by atoms with Crippen LogP contribution in [0.4, 0.5) is 0 Å². The summed E-state index contributed by atoms with van der Waals surface area (Å²) in [5.41, 5.74) is 1.63. The minimum Gasteiger partial charge on any atom is -0.292 e. The summed E-state index contributed by atoms with van der Waals surface area (Å²) in [6.07, 6.45) is 2.93. The molecule has 0 N–H and O–H groups in total. The van der Waals surface area contributed by atoms with Crippen molar-refractivity contribution in [3.63, 3.8) is 0 Å². The number of pyridine rings is 1. The molecule has 17 heavy (non-hydrogen) atoms. The molecule has 0 spiro atoms. The van der Waals surface area contributed by atoms with Crippen molar-refractivity contribution in [1.82, 2.24) is 4.98 Å². The second kappa shape index (κ2) is 5.56. The highest BCUT2D eigenvalue weighted by molar-refractivity contribution is 9.10. The Labute approximate surface area is 113 Å². The molecule has 0 aromatic carbocycles. The van der Waals surface area contributed by atoms with Gasteiger partial charge >= 0.3 is 0 Å². The van der Waals surface area contributed by atoms with Gasteiger partial charge in [0.25, 0.3) is 0 Å². The van der Waals surface area contributed by atoms with Crippen molar-refractivity contribution in [3.8, 4) is 0 Å². The molecule has 0 amide bonds. The minimum atomic E-state index is 0.0885. The van der Waals surface area contributed by atoms with Crippen LogP contribution in [0.2, 0.25) is 0 Å². The molecule has 2 heterocycles. The molecule has 0 bridgehead atoms. The molecule has 2 aromatic heterocycles. The summed E-state index contributed by atoms with van der Waals surface area (Å²) in [5.74, 6) is 0.0885. The van der Waals surface area contributed by atoms with Crippen molar-refractivity contribution in [3.05, 3.63) is 50.4 Å². The van der Waals surface area contributed by atoms with Crippen LogP contribution < -0.4 is 0 Å². The number of aryl methyl sites for hydroxylation is 1. The number of hydrogen-bond donors (Lipinski definition) is 0. The first kappa shape index (κ1) is 12.5. The monoisotopic (exact) mass is 309 g/mol. The first-order valence-corrected chi connectivity index (χ1v) is 7.08. The van der Waals surface area contributed by atoms with Crippen molar-refractivity contribution < 1.29 is 4.79 Å². The summed E-state index contributed by atoms with van der Waals surface area (Å²) < 4.78 is 1.00. The molecule has 0 radical (unpaired) electrons. The van der Waals surface area contributed by atoms with Gasteiger partial charge in [0.2, 0.25) is 0 Å². The number of thiophene rings is 1. The standard InChI is InChI=1S/C13H12BrNOS/c1-2-9-4-3-6-15-13(9)11(16)8-12-10(14)5-7-17-12/h3-7H,2,8H2,1H3. The lowest BCUT2D eigenvalue weighted by atomic mass is 10.1. The van der Waals surface area contributed by atoms with Crippen molar-refractivity contribution in [2.75, 3.05) is 0 Å². The Morgan fingerprint density at radius 1 is 1.47 bits per heavy atom. The van der Waals surface area contributed by atoms with Crippen LogP contribution in [0.1, 0.15) is 27.9 Å². The lowest BCUT2D eigenvalue weighted by Crippen LogP contribution is -2.08. The smallest absolute Gasteiger partial charge is 0.186 e. The summed E-state index contributed by atoms with van der Waals surface area (Å²) in [7, 11) is 0. The highest BCUT2D eigenvalue weighted by Gasteiger charge is 2.14. The molecule has 88 valence electrons. The third-order valence-corrected chi connectivity index (χ3v) is 4.47. The summed E-state index contributed by atoms with van der Waals surface area (Å²) in [4.78, 5) is 17.4. The molecule has 0 atom stereocenters. The Morgan fingerprint density at radius 2 is 2.29 bits per heavy atom. The molecule has 0 saturated heterocycles. The zero-order valence-corrected chi connectivity index (χ0v) is 11.8. The molecule has 2 rings (SSSR count). The Balaban J connectivity index is 2.23. The molecule has 2 aromatic rings. The molecule has 0 aliphatic carbocycles. The van der Waals surface area contributed by atoms with E-state index >= 15 is 0 Å². The quantitative estimate of drug-likeness (QED) is 0.802. The lowest BCUT2D eigenvalue weighted by molar-refractivity contribution is 0.0988. The maximum absolute atomic E-state index is 12.2. The maximum Gasteiger partial charge on any atom is 0.186 e. The fourth-order valence-electron chi connectivity index (χ4n) is 1.66. The number of hydrogen-bond acceptors (Lipinski definition) is 3. The van der Waals surface area contributed by atoms with E-state index in [9.17, 15) is 4.79 Å². The van der Waals surface area contributed by atoms with E-state index in [2.05, 4.69) is 20.9 Å². The number of ketones is 1. The largest absolute Gasteiger partial charge is 0.292 e. The van der Waals surface area contributed by atoms with Crippen molar-refractivity contribution >= 4 is 33.0 Å². The summed E-state index contributed by atoms with van der Waals surface area (Å²) >= 11 is 5.03. The van der Waals surface area contributed by atoms with Gasteiger partial charge in [-0.3, -0.25) is 9.78 Å². The lowest BCUT2D eigenvalue weighted by Gasteiger charge is -2.04. The summed E-state index contributed by atoms with van der Waals surface area (Å²) in [6, 6.07) is 5.80. The number of aromatic nitrogens is 1. The summed E-state index contributed by atoms with van der Waals surface area (Å²) in [5, 5.41) is 1.98. The Morgan fingerprint density at radius 3 is 2.94 bits per heavy atom. The van der Waals surface area contributed by atoms with Crippen LogP contribution in [0.5, 0.6) is 0 Å². The van der Waals surface area contributed by atoms with E-state index in [0.29, 0.717) is 12.1 Å². The average molecular weight is 310 g/mol. The molecule has 0 aliphatic rings. The van der Waals surface area contributed by atoms with E-state index in [0.717, 1.165) is 21.3 Å². The third-order valence-electron chi connectivity index (χ3n) is 2.55. The van der Waals surface area contributed by atoms with Gasteiger partial charge in [-0.15, -0.1) is 11.3 Å². The number of Topliss-reactive ketones (excluding diaryl/α,β-unsaturated/α-hetero) is 1.